The Balaban J connectivity index is 1.50. The number of halogens is 1. The van der Waals surface area contributed by atoms with Crippen molar-refractivity contribution in [3.63, 3.8) is 0 Å². The van der Waals surface area contributed by atoms with Crippen molar-refractivity contribution in [2.24, 2.45) is 0 Å². The first-order valence-corrected chi connectivity index (χ1v) is 13.7. The number of aryl methyl sites for hydroxylation is 1. The lowest BCUT2D eigenvalue weighted by molar-refractivity contribution is -0.119. The molecule has 0 saturated heterocycles. The summed E-state index contributed by atoms with van der Waals surface area (Å²) in [4.78, 5) is 31.1. The first-order valence-electron chi connectivity index (χ1n) is 12.9. The topological polar surface area (TPSA) is 57.6 Å². The second kappa shape index (κ2) is 11.3. The van der Waals surface area contributed by atoms with E-state index >= 15 is 0 Å². The predicted octanol–water partition coefficient (Wildman–Crippen LogP) is 7.32. The Morgan fingerprint density at radius 2 is 1.71 bits per heavy atom. The standard InChI is InChI=1S/C31H31BrN4O2/c1-3-4-18-34(31(38)33-25-16-14-24(32)15-17-25)21-29(37)36-27-12-6-5-11-26(27)35-19-8-13-28(35)30(36)23-10-7-9-22(2)20-23/h5-17,19-20,30H,3-4,18,21H2,1-2H3,(H,33,38). The average molecular weight is 572 g/mol. The minimum atomic E-state index is -0.310. The monoisotopic (exact) mass is 570 g/mol. The van der Waals surface area contributed by atoms with Gasteiger partial charge in [0.2, 0.25) is 5.91 Å². The van der Waals surface area contributed by atoms with E-state index in [0.717, 1.165) is 45.5 Å². The van der Waals surface area contributed by atoms with Gasteiger partial charge in [0.1, 0.15) is 12.6 Å². The van der Waals surface area contributed by atoms with Crippen LogP contribution in [0.25, 0.3) is 5.69 Å². The van der Waals surface area contributed by atoms with Gasteiger partial charge in [-0.3, -0.25) is 9.69 Å². The van der Waals surface area contributed by atoms with Crippen LogP contribution < -0.4 is 10.2 Å². The van der Waals surface area contributed by atoms with Crippen LogP contribution in [0.3, 0.4) is 0 Å². The van der Waals surface area contributed by atoms with Gasteiger partial charge in [-0.2, -0.15) is 0 Å². The minimum Gasteiger partial charge on any atom is -0.316 e. The Hall–Kier alpha value is -3.84. The van der Waals surface area contributed by atoms with Crippen LogP contribution in [0.1, 0.15) is 42.6 Å². The number of nitrogens with zero attached hydrogens (tertiary/aromatic N) is 3. The van der Waals surface area contributed by atoms with Crippen LogP contribution in [-0.2, 0) is 4.79 Å². The van der Waals surface area contributed by atoms with Crippen molar-refractivity contribution in [1.82, 2.24) is 9.47 Å². The van der Waals surface area contributed by atoms with Gasteiger partial charge < -0.3 is 14.8 Å². The first-order chi connectivity index (χ1) is 18.5. The molecule has 1 aliphatic rings. The maximum Gasteiger partial charge on any atom is 0.322 e. The van der Waals surface area contributed by atoms with Crippen molar-refractivity contribution < 1.29 is 9.59 Å². The van der Waals surface area contributed by atoms with E-state index in [-0.39, 0.29) is 24.5 Å². The van der Waals surface area contributed by atoms with E-state index in [1.54, 1.807) is 4.90 Å². The summed E-state index contributed by atoms with van der Waals surface area (Å²) in [5.74, 6) is -0.126. The van der Waals surface area contributed by atoms with Crippen LogP contribution in [0.2, 0.25) is 0 Å². The zero-order chi connectivity index (χ0) is 26.6. The van der Waals surface area contributed by atoms with Crippen LogP contribution in [0, 0.1) is 6.92 Å². The number of aromatic nitrogens is 1. The lowest BCUT2D eigenvalue weighted by Gasteiger charge is -2.39. The summed E-state index contributed by atoms with van der Waals surface area (Å²) in [7, 11) is 0. The van der Waals surface area contributed by atoms with Crippen molar-refractivity contribution in [2.75, 3.05) is 23.3 Å². The number of carbonyl (C=O) groups excluding carboxylic acids is 2. The van der Waals surface area contributed by atoms with Crippen molar-refractivity contribution in [2.45, 2.75) is 32.7 Å². The number of nitrogens with one attached hydrogen (secondary N) is 1. The molecule has 0 bridgehead atoms. The molecular formula is C31H31BrN4O2. The highest BCUT2D eigenvalue weighted by Gasteiger charge is 2.37. The molecule has 1 aliphatic heterocycles. The lowest BCUT2D eigenvalue weighted by Crippen LogP contribution is -2.48. The van der Waals surface area contributed by atoms with E-state index in [9.17, 15) is 9.59 Å². The van der Waals surface area contributed by atoms with Crippen molar-refractivity contribution in [3.8, 4) is 5.69 Å². The van der Waals surface area contributed by atoms with Crippen LogP contribution in [0.4, 0.5) is 16.2 Å². The number of benzene rings is 3. The molecule has 7 heteroatoms. The quantitative estimate of drug-likeness (QED) is 0.253. The number of para-hydroxylation sites is 2. The number of urea groups is 1. The van der Waals surface area contributed by atoms with Crippen molar-refractivity contribution in [1.29, 1.82) is 0 Å². The molecule has 0 radical (unpaired) electrons. The number of carbonyl (C=O) groups is 2. The minimum absolute atomic E-state index is 0.0281. The molecule has 1 unspecified atom stereocenters. The van der Waals surface area contributed by atoms with Gasteiger partial charge in [-0.25, -0.2) is 4.79 Å². The van der Waals surface area contributed by atoms with Gasteiger partial charge in [0, 0.05) is 22.9 Å². The highest BCUT2D eigenvalue weighted by molar-refractivity contribution is 9.10. The fourth-order valence-corrected chi connectivity index (χ4v) is 5.26. The van der Waals surface area contributed by atoms with E-state index in [1.165, 1.54) is 0 Å². The number of amides is 3. The van der Waals surface area contributed by atoms with Crippen LogP contribution in [-0.4, -0.2) is 34.5 Å². The molecule has 4 aromatic rings. The third-order valence-electron chi connectivity index (χ3n) is 6.84. The van der Waals surface area contributed by atoms with Gasteiger partial charge in [-0.1, -0.05) is 71.2 Å². The zero-order valence-corrected chi connectivity index (χ0v) is 23.2. The Labute approximate surface area is 232 Å². The normalized spacial score (nSPS) is 14.0. The summed E-state index contributed by atoms with van der Waals surface area (Å²) in [6, 6.07) is 27.2. The molecule has 6 nitrogen and oxygen atoms in total. The Morgan fingerprint density at radius 1 is 0.947 bits per heavy atom. The summed E-state index contributed by atoms with van der Waals surface area (Å²) >= 11 is 3.43. The Morgan fingerprint density at radius 3 is 2.45 bits per heavy atom. The predicted molar refractivity (Wildman–Crippen MR) is 156 cm³/mol. The molecular weight excluding hydrogens is 540 g/mol. The lowest BCUT2D eigenvalue weighted by atomic mass is 9.96. The number of unbranched alkanes of at least 4 members (excludes halogenated alkanes) is 1. The van der Waals surface area contributed by atoms with Crippen LogP contribution >= 0.6 is 15.9 Å². The Kier molecular flexibility index (Phi) is 7.65. The second-order valence-corrected chi connectivity index (χ2v) is 10.5. The highest BCUT2D eigenvalue weighted by Crippen LogP contribution is 2.42. The largest absolute Gasteiger partial charge is 0.322 e. The first kappa shape index (κ1) is 25.8. The number of rotatable bonds is 7. The van der Waals surface area contributed by atoms with E-state index < -0.39 is 0 Å². The molecule has 1 N–H and O–H groups in total. The van der Waals surface area contributed by atoms with Gasteiger partial charge >= 0.3 is 6.03 Å². The summed E-state index contributed by atoms with van der Waals surface area (Å²) in [6.45, 7) is 4.60. The molecule has 38 heavy (non-hydrogen) atoms. The van der Waals surface area contributed by atoms with Gasteiger partial charge in [0.15, 0.2) is 0 Å². The maximum absolute atomic E-state index is 14.2. The number of fused-ring (bicyclic) bond motifs is 3. The smallest absolute Gasteiger partial charge is 0.316 e. The summed E-state index contributed by atoms with van der Waals surface area (Å²) in [5, 5.41) is 2.96. The van der Waals surface area contributed by atoms with Crippen LogP contribution in [0.5, 0.6) is 0 Å². The second-order valence-electron chi connectivity index (χ2n) is 9.58. The van der Waals surface area contributed by atoms with Gasteiger partial charge in [-0.15, -0.1) is 0 Å². The van der Waals surface area contributed by atoms with Crippen molar-refractivity contribution in [3.05, 3.63) is 112 Å². The van der Waals surface area contributed by atoms with Gasteiger partial charge in [0.25, 0.3) is 0 Å². The van der Waals surface area contributed by atoms with E-state index in [1.807, 2.05) is 71.8 Å². The molecule has 194 valence electrons. The number of hydrogen-bond acceptors (Lipinski definition) is 2. The third kappa shape index (κ3) is 5.24. The molecule has 2 heterocycles. The van der Waals surface area contributed by atoms with E-state index in [0.29, 0.717) is 12.2 Å². The molecule has 3 amide bonds. The summed E-state index contributed by atoms with van der Waals surface area (Å²) < 4.78 is 3.09. The van der Waals surface area contributed by atoms with Gasteiger partial charge in [0.05, 0.1) is 17.1 Å². The molecule has 0 spiro atoms. The SMILES string of the molecule is CCCCN(CC(=O)N1c2ccccc2-n2cccc2C1c1cccc(C)c1)C(=O)Nc1ccc(Br)cc1. The van der Waals surface area contributed by atoms with E-state index in [4.69, 9.17) is 0 Å². The molecule has 0 saturated carbocycles. The average Bonchev–Trinajstić information content (AvgIpc) is 3.41. The fraction of sp³-hybridized carbons (Fsp3) is 0.226. The molecule has 0 fully saturated rings. The zero-order valence-electron chi connectivity index (χ0n) is 21.6. The Bertz CT molecular complexity index is 1450. The molecule has 5 rings (SSSR count). The summed E-state index contributed by atoms with van der Waals surface area (Å²) in [6.07, 6.45) is 3.77. The molecule has 0 aliphatic carbocycles. The van der Waals surface area contributed by atoms with E-state index in [2.05, 4.69) is 63.9 Å². The maximum atomic E-state index is 14.2. The van der Waals surface area contributed by atoms with Crippen molar-refractivity contribution >= 4 is 39.2 Å². The molecule has 1 atom stereocenters. The van der Waals surface area contributed by atoms with Gasteiger partial charge in [-0.05, 0) is 67.4 Å². The number of hydrogen-bond donors (Lipinski definition) is 1. The molecule has 3 aromatic carbocycles. The third-order valence-corrected chi connectivity index (χ3v) is 7.37. The fourth-order valence-electron chi connectivity index (χ4n) is 4.99. The molecule has 1 aromatic heterocycles. The summed E-state index contributed by atoms with van der Waals surface area (Å²) in [5.41, 5.74) is 5.64. The van der Waals surface area contributed by atoms with Crippen LogP contribution in [0.15, 0.2) is 95.6 Å². The highest BCUT2D eigenvalue weighted by atomic mass is 79.9. The number of anilines is 2.